The van der Waals surface area contributed by atoms with Crippen LogP contribution < -0.4 is 11.4 Å². The van der Waals surface area contributed by atoms with Gasteiger partial charge in [0.05, 0.1) is 19.3 Å². The third-order valence-electron chi connectivity index (χ3n) is 4.90. The monoisotopic (exact) mass is 403 g/mol. The van der Waals surface area contributed by atoms with Crippen LogP contribution in [0.2, 0.25) is 0 Å². The lowest BCUT2D eigenvalue weighted by molar-refractivity contribution is -0.0513. The number of aldehydes is 1. The number of halogens is 1. The molecule has 3 heterocycles. The van der Waals surface area contributed by atoms with Crippen LogP contribution in [-0.4, -0.2) is 60.6 Å². The smallest absolute Gasteiger partial charge is 0.332 e. The second-order valence-corrected chi connectivity index (χ2v) is 6.72. The fourth-order valence-corrected chi connectivity index (χ4v) is 3.41. The normalized spacial score (nSPS) is 24.2. The summed E-state index contributed by atoms with van der Waals surface area (Å²) in [5.74, 6) is -0.110. The Hall–Kier alpha value is -3.15. The molecule has 4 N–H and O–H groups in total. The van der Waals surface area contributed by atoms with Crippen molar-refractivity contribution >= 4 is 23.4 Å². The summed E-state index contributed by atoms with van der Waals surface area (Å²) in [4.78, 5) is 31.9. The Bertz CT molecular complexity index is 1110. The van der Waals surface area contributed by atoms with Gasteiger partial charge in [0.1, 0.15) is 24.0 Å². The fraction of sp³-hybridized carbons (Fsp3) is 0.333. The van der Waals surface area contributed by atoms with Crippen LogP contribution in [0.3, 0.4) is 0 Å². The van der Waals surface area contributed by atoms with E-state index in [2.05, 4.69) is 9.97 Å². The quantitative estimate of drug-likeness (QED) is 0.489. The molecule has 152 valence electrons. The Labute approximate surface area is 163 Å². The van der Waals surface area contributed by atoms with Crippen molar-refractivity contribution in [1.82, 2.24) is 19.1 Å². The van der Waals surface area contributed by atoms with Gasteiger partial charge in [0.15, 0.2) is 18.0 Å². The molecule has 29 heavy (non-hydrogen) atoms. The third-order valence-corrected chi connectivity index (χ3v) is 4.90. The van der Waals surface area contributed by atoms with E-state index in [0.29, 0.717) is 17.4 Å². The molecule has 0 bridgehead atoms. The first kappa shape index (κ1) is 19.2. The predicted molar refractivity (Wildman–Crippen MR) is 99.0 cm³/mol. The highest BCUT2D eigenvalue weighted by molar-refractivity contribution is 5.75. The van der Waals surface area contributed by atoms with Crippen molar-refractivity contribution in [3.8, 4) is 0 Å². The molecule has 1 aromatic carbocycles. The summed E-state index contributed by atoms with van der Waals surface area (Å²) in [6, 6.07) is 6.62. The van der Waals surface area contributed by atoms with Crippen LogP contribution in [-0.2, 0) is 11.3 Å². The minimum Gasteiger partial charge on any atom is -0.394 e. The summed E-state index contributed by atoms with van der Waals surface area (Å²) in [6.45, 7) is -0.539. The Morgan fingerprint density at radius 1 is 1.31 bits per heavy atom. The van der Waals surface area contributed by atoms with Gasteiger partial charge in [-0.05, 0) is 5.56 Å². The number of rotatable bonds is 5. The Morgan fingerprint density at radius 3 is 2.66 bits per heavy atom. The van der Waals surface area contributed by atoms with E-state index in [-0.39, 0.29) is 18.1 Å². The molecule has 0 unspecified atom stereocenters. The second-order valence-electron chi connectivity index (χ2n) is 6.72. The Balaban J connectivity index is 1.83. The molecule has 3 aromatic rings. The molecule has 1 saturated heterocycles. The van der Waals surface area contributed by atoms with Crippen molar-refractivity contribution in [2.24, 2.45) is 0 Å². The zero-order valence-electron chi connectivity index (χ0n) is 15.1. The van der Waals surface area contributed by atoms with Gasteiger partial charge in [0, 0.05) is 5.56 Å². The molecule has 0 amide bonds. The summed E-state index contributed by atoms with van der Waals surface area (Å²) in [5.41, 5.74) is 6.63. The van der Waals surface area contributed by atoms with Gasteiger partial charge in [-0.15, -0.1) is 0 Å². The molecule has 0 saturated carbocycles. The standard InChI is InChI=1S/C18H18FN5O5/c19-13-12(8-26)29-16(14(13)27)24-15-11(5-21-17(20)22-15)23(18(24)28)6-9-1-3-10(7-25)4-2-9/h1-5,7,12-14,16,26-27H,6,8H2,(H2,20,21,22)/t12-,13-,14-,16-/m1/s1. The lowest BCUT2D eigenvalue weighted by Crippen LogP contribution is -2.34. The molecule has 1 fully saturated rings. The van der Waals surface area contributed by atoms with E-state index in [1.54, 1.807) is 24.3 Å². The van der Waals surface area contributed by atoms with E-state index in [1.165, 1.54) is 10.8 Å². The highest BCUT2D eigenvalue weighted by Crippen LogP contribution is 2.32. The lowest BCUT2D eigenvalue weighted by atomic mass is 10.1. The van der Waals surface area contributed by atoms with E-state index in [4.69, 9.17) is 10.5 Å². The second kappa shape index (κ2) is 7.35. The molecule has 11 heteroatoms. The summed E-state index contributed by atoms with van der Waals surface area (Å²) in [7, 11) is 0. The van der Waals surface area contributed by atoms with Crippen molar-refractivity contribution in [2.45, 2.75) is 31.2 Å². The highest BCUT2D eigenvalue weighted by atomic mass is 19.1. The molecule has 1 aliphatic heterocycles. The molecule has 10 nitrogen and oxygen atoms in total. The number of aliphatic hydroxyl groups is 2. The van der Waals surface area contributed by atoms with Gasteiger partial charge in [0.2, 0.25) is 5.95 Å². The Kier molecular flexibility index (Phi) is 4.86. The lowest BCUT2D eigenvalue weighted by Gasteiger charge is -2.15. The number of carbonyl (C=O) groups excluding carboxylic acids is 1. The molecule has 2 aromatic heterocycles. The molecule has 1 aliphatic rings. The van der Waals surface area contributed by atoms with Crippen LogP contribution >= 0.6 is 0 Å². The van der Waals surface area contributed by atoms with Crippen molar-refractivity contribution in [2.75, 3.05) is 12.3 Å². The molecule has 0 radical (unpaired) electrons. The van der Waals surface area contributed by atoms with Gasteiger partial charge in [-0.25, -0.2) is 18.7 Å². The van der Waals surface area contributed by atoms with E-state index < -0.39 is 36.9 Å². The van der Waals surface area contributed by atoms with Crippen LogP contribution in [0.15, 0.2) is 35.3 Å². The van der Waals surface area contributed by atoms with Crippen molar-refractivity contribution in [3.63, 3.8) is 0 Å². The number of hydrogen-bond acceptors (Lipinski definition) is 8. The zero-order valence-corrected chi connectivity index (χ0v) is 15.1. The van der Waals surface area contributed by atoms with Crippen LogP contribution in [0.1, 0.15) is 22.1 Å². The number of nitrogen functional groups attached to an aromatic ring is 1. The van der Waals surface area contributed by atoms with Crippen LogP contribution in [0.25, 0.3) is 11.2 Å². The van der Waals surface area contributed by atoms with E-state index in [1.807, 2.05) is 0 Å². The SMILES string of the molecule is Nc1ncc2c(n1)n([C@@H]1O[C@H](CO)[C@@H](F)[C@H]1O)c(=O)n2Cc1ccc(C=O)cc1. The Morgan fingerprint density at radius 2 is 2.03 bits per heavy atom. The van der Waals surface area contributed by atoms with E-state index >= 15 is 0 Å². The van der Waals surface area contributed by atoms with Gasteiger partial charge >= 0.3 is 5.69 Å². The maximum atomic E-state index is 14.2. The number of nitrogens with two attached hydrogens (primary N) is 1. The number of fused-ring (bicyclic) bond motifs is 1. The maximum Gasteiger partial charge on any atom is 0.332 e. The van der Waals surface area contributed by atoms with Crippen LogP contribution in [0.5, 0.6) is 0 Å². The molecule has 0 spiro atoms. The van der Waals surface area contributed by atoms with Gasteiger partial charge in [-0.2, -0.15) is 4.98 Å². The number of anilines is 1. The zero-order chi connectivity index (χ0) is 20.7. The number of nitrogens with zero attached hydrogens (tertiary/aromatic N) is 4. The maximum absolute atomic E-state index is 14.2. The number of carbonyl (C=O) groups is 1. The first-order chi connectivity index (χ1) is 13.9. The van der Waals surface area contributed by atoms with Crippen molar-refractivity contribution in [3.05, 3.63) is 52.1 Å². The number of alkyl halides is 1. The topological polar surface area (TPSA) is 145 Å². The van der Waals surface area contributed by atoms with Gasteiger partial charge in [0.25, 0.3) is 0 Å². The molecule has 4 atom stereocenters. The third kappa shape index (κ3) is 3.18. The van der Waals surface area contributed by atoms with Crippen molar-refractivity contribution in [1.29, 1.82) is 0 Å². The molecule has 4 rings (SSSR count). The predicted octanol–water partition coefficient (Wildman–Crippen LogP) is -0.375. The average Bonchev–Trinajstić information content (AvgIpc) is 3.15. The average molecular weight is 403 g/mol. The number of benzene rings is 1. The summed E-state index contributed by atoms with van der Waals surface area (Å²) in [6.07, 6.45) is -4.13. The highest BCUT2D eigenvalue weighted by Gasteiger charge is 2.46. The van der Waals surface area contributed by atoms with Gasteiger partial charge in [-0.3, -0.25) is 9.36 Å². The largest absolute Gasteiger partial charge is 0.394 e. The van der Waals surface area contributed by atoms with Gasteiger partial charge in [-0.1, -0.05) is 24.3 Å². The number of aromatic nitrogens is 4. The van der Waals surface area contributed by atoms with E-state index in [9.17, 15) is 24.2 Å². The van der Waals surface area contributed by atoms with Crippen molar-refractivity contribution < 1.29 is 24.1 Å². The number of imidazole rings is 1. The minimum atomic E-state index is -1.87. The number of hydrogen-bond donors (Lipinski definition) is 3. The minimum absolute atomic E-state index is 0.0712. The van der Waals surface area contributed by atoms with Gasteiger partial charge < -0.3 is 20.7 Å². The van der Waals surface area contributed by atoms with E-state index in [0.717, 1.165) is 10.1 Å². The first-order valence-corrected chi connectivity index (χ1v) is 8.80. The summed E-state index contributed by atoms with van der Waals surface area (Å²) >= 11 is 0. The summed E-state index contributed by atoms with van der Waals surface area (Å²) < 4.78 is 21.9. The summed E-state index contributed by atoms with van der Waals surface area (Å²) in [5, 5.41) is 19.5. The number of ether oxygens (including phenoxy) is 1. The molecular weight excluding hydrogens is 385 g/mol. The number of aliphatic hydroxyl groups excluding tert-OH is 2. The first-order valence-electron chi connectivity index (χ1n) is 8.80. The fourth-order valence-electron chi connectivity index (χ4n) is 3.41. The molecular formula is C18H18FN5O5. The molecule has 0 aliphatic carbocycles. The van der Waals surface area contributed by atoms with Crippen LogP contribution in [0, 0.1) is 0 Å². The van der Waals surface area contributed by atoms with Crippen LogP contribution in [0.4, 0.5) is 10.3 Å².